The van der Waals surface area contributed by atoms with Gasteiger partial charge in [-0.05, 0) is 6.42 Å². The lowest BCUT2D eigenvalue weighted by atomic mass is 10.1. The minimum absolute atomic E-state index is 0.412. The first kappa shape index (κ1) is 8.43. The first-order valence-corrected chi connectivity index (χ1v) is 3.24. The number of aliphatic carboxylic acids is 1. The second-order valence-electron chi connectivity index (χ2n) is 2.18. The molecule has 0 aromatic carbocycles. The van der Waals surface area contributed by atoms with Crippen molar-refractivity contribution in [3.05, 3.63) is 0 Å². The summed E-state index contributed by atoms with van der Waals surface area (Å²) in [6.07, 6.45) is 2.70. The Balaban J connectivity index is 3.27. The number of quaternary nitrogens is 1. The van der Waals surface area contributed by atoms with Gasteiger partial charge in [0.05, 0.1) is 0 Å². The van der Waals surface area contributed by atoms with Crippen molar-refractivity contribution in [1.29, 1.82) is 0 Å². The number of hydrogen-bond donors (Lipinski definition) is 2. The van der Waals surface area contributed by atoms with Crippen LogP contribution in [0.2, 0.25) is 0 Å². The Bertz CT molecular complexity index is 93.1. The fourth-order valence-electron chi connectivity index (χ4n) is 0.574. The second kappa shape index (κ2) is 4.32. The lowest BCUT2D eigenvalue weighted by molar-refractivity contribution is -0.409. The molecule has 0 aliphatic carbocycles. The minimum Gasteiger partial charge on any atom is -0.477 e. The molecule has 1 atom stereocenters. The Kier molecular flexibility index (Phi) is 4.05. The molecule has 0 bridgehead atoms. The highest BCUT2D eigenvalue weighted by Gasteiger charge is 2.13. The predicted molar refractivity (Wildman–Crippen MR) is 33.8 cm³/mol. The highest BCUT2D eigenvalue weighted by atomic mass is 16.4. The van der Waals surface area contributed by atoms with E-state index >= 15 is 0 Å². The first-order valence-electron chi connectivity index (χ1n) is 3.24. The van der Waals surface area contributed by atoms with E-state index in [-0.39, 0.29) is 0 Å². The van der Waals surface area contributed by atoms with E-state index in [1.807, 2.05) is 6.92 Å². The summed E-state index contributed by atoms with van der Waals surface area (Å²) in [5, 5.41) is 8.35. The summed E-state index contributed by atoms with van der Waals surface area (Å²) in [5.74, 6) is -0.788. The monoisotopic (exact) mass is 132 g/mol. The molecule has 0 aromatic heterocycles. The van der Waals surface area contributed by atoms with Gasteiger partial charge in [0.2, 0.25) is 0 Å². The molecule has 0 aromatic rings. The highest BCUT2D eigenvalue weighted by Crippen LogP contribution is 1.95. The summed E-state index contributed by atoms with van der Waals surface area (Å²) in [7, 11) is 0. The molecule has 9 heavy (non-hydrogen) atoms. The van der Waals surface area contributed by atoms with Crippen LogP contribution in [0.1, 0.15) is 26.2 Å². The molecule has 0 amide bonds. The average Bonchev–Trinajstić information content (AvgIpc) is 1.82. The normalized spacial score (nSPS) is 13.1. The topological polar surface area (TPSA) is 64.9 Å². The second-order valence-corrected chi connectivity index (χ2v) is 2.18. The van der Waals surface area contributed by atoms with E-state index in [9.17, 15) is 4.79 Å². The number of hydrogen-bond acceptors (Lipinski definition) is 1. The Morgan fingerprint density at radius 2 is 2.33 bits per heavy atom. The number of carboxylic acid groups (broad SMARTS) is 1. The summed E-state index contributed by atoms with van der Waals surface area (Å²) in [4.78, 5) is 10.1. The molecule has 0 unspecified atom stereocenters. The van der Waals surface area contributed by atoms with Crippen LogP contribution in [-0.2, 0) is 4.79 Å². The van der Waals surface area contributed by atoms with Crippen molar-refractivity contribution in [3.63, 3.8) is 0 Å². The molecule has 0 saturated carbocycles. The zero-order valence-corrected chi connectivity index (χ0v) is 5.76. The largest absolute Gasteiger partial charge is 0.477 e. The number of carbonyl (C=O) groups is 1. The number of carboxylic acids is 1. The van der Waals surface area contributed by atoms with E-state index in [0.29, 0.717) is 6.42 Å². The highest BCUT2D eigenvalue weighted by molar-refractivity contribution is 5.71. The molecule has 0 radical (unpaired) electrons. The van der Waals surface area contributed by atoms with E-state index < -0.39 is 12.0 Å². The zero-order valence-electron chi connectivity index (χ0n) is 5.76. The third kappa shape index (κ3) is 3.97. The van der Waals surface area contributed by atoms with Gasteiger partial charge in [0.1, 0.15) is 0 Å². The van der Waals surface area contributed by atoms with Gasteiger partial charge in [0.15, 0.2) is 6.04 Å². The quantitative estimate of drug-likeness (QED) is 0.559. The SMILES string of the molecule is CCCC[C@H]([NH3+])C(=O)O. The van der Waals surface area contributed by atoms with Crippen molar-refractivity contribution < 1.29 is 15.6 Å². The summed E-state index contributed by atoms with van der Waals surface area (Å²) >= 11 is 0. The van der Waals surface area contributed by atoms with Crippen molar-refractivity contribution in [2.45, 2.75) is 32.2 Å². The summed E-state index contributed by atoms with van der Waals surface area (Å²) < 4.78 is 0. The van der Waals surface area contributed by atoms with Gasteiger partial charge in [-0.15, -0.1) is 0 Å². The summed E-state index contributed by atoms with van der Waals surface area (Å²) in [5.41, 5.74) is 3.48. The molecule has 0 aliphatic rings. The lowest BCUT2D eigenvalue weighted by Gasteiger charge is -1.99. The molecular weight excluding hydrogens is 118 g/mol. The first-order chi connectivity index (χ1) is 4.18. The molecule has 0 saturated heterocycles. The summed E-state index contributed by atoms with van der Waals surface area (Å²) in [6.45, 7) is 2.04. The van der Waals surface area contributed by atoms with Gasteiger partial charge >= 0.3 is 5.97 Å². The van der Waals surface area contributed by atoms with E-state index in [2.05, 4.69) is 5.73 Å². The zero-order chi connectivity index (χ0) is 7.28. The van der Waals surface area contributed by atoms with Crippen LogP contribution in [0.3, 0.4) is 0 Å². The van der Waals surface area contributed by atoms with Gasteiger partial charge in [-0.1, -0.05) is 13.3 Å². The van der Waals surface area contributed by atoms with Crippen LogP contribution in [0.5, 0.6) is 0 Å². The molecule has 3 heteroatoms. The van der Waals surface area contributed by atoms with Gasteiger partial charge in [0.25, 0.3) is 0 Å². The van der Waals surface area contributed by atoms with Crippen molar-refractivity contribution in [3.8, 4) is 0 Å². The lowest BCUT2D eigenvalue weighted by Crippen LogP contribution is -2.64. The van der Waals surface area contributed by atoms with Crippen molar-refractivity contribution in [2.24, 2.45) is 0 Å². The Morgan fingerprint density at radius 1 is 1.78 bits per heavy atom. The third-order valence-corrected chi connectivity index (χ3v) is 1.26. The van der Waals surface area contributed by atoms with Crippen molar-refractivity contribution in [1.82, 2.24) is 0 Å². The van der Waals surface area contributed by atoms with Crippen LogP contribution in [0.25, 0.3) is 0 Å². The predicted octanol–water partition coefficient (Wildman–Crippen LogP) is -0.128. The molecule has 0 rings (SSSR count). The van der Waals surface area contributed by atoms with Crippen LogP contribution >= 0.6 is 0 Å². The Labute approximate surface area is 54.9 Å². The van der Waals surface area contributed by atoms with Crippen LogP contribution < -0.4 is 5.73 Å². The number of rotatable bonds is 4. The van der Waals surface area contributed by atoms with Gasteiger partial charge in [-0.25, -0.2) is 4.79 Å². The van der Waals surface area contributed by atoms with Gasteiger partial charge in [-0.3, -0.25) is 0 Å². The van der Waals surface area contributed by atoms with Crippen LogP contribution in [0, 0.1) is 0 Å². The van der Waals surface area contributed by atoms with Gasteiger partial charge < -0.3 is 10.8 Å². The Hall–Kier alpha value is -0.570. The summed E-state index contributed by atoms with van der Waals surface area (Å²) in [6, 6.07) is -0.412. The smallest absolute Gasteiger partial charge is 0.362 e. The molecule has 54 valence electrons. The number of unbranched alkanes of at least 4 members (excludes halogenated alkanes) is 1. The van der Waals surface area contributed by atoms with Crippen LogP contribution in [-0.4, -0.2) is 17.1 Å². The van der Waals surface area contributed by atoms with E-state index in [0.717, 1.165) is 12.8 Å². The average molecular weight is 132 g/mol. The fourth-order valence-corrected chi connectivity index (χ4v) is 0.574. The molecule has 0 spiro atoms. The fraction of sp³-hybridized carbons (Fsp3) is 0.833. The van der Waals surface area contributed by atoms with Gasteiger partial charge in [0, 0.05) is 6.42 Å². The molecule has 4 N–H and O–H groups in total. The molecule has 3 nitrogen and oxygen atoms in total. The maximum absolute atomic E-state index is 10.1. The molecular formula is C6H14NO2+. The van der Waals surface area contributed by atoms with Crippen LogP contribution in [0.15, 0.2) is 0 Å². The molecule has 0 heterocycles. The van der Waals surface area contributed by atoms with E-state index in [1.54, 1.807) is 0 Å². The van der Waals surface area contributed by atoms with Crippen molar-refractivity contribution in [2.75, 3.05) is 0 Å². The molecule has 0 aliphatic heterocycles. The van der Waals surface area contributed by atoms with Crippen molar-refractivity contribution >= 4 is 5.97 Å². The van der Waals surface area contributed by atoms with Crippen LogP contribution in [0.4, 0.5) is 0 Å². The van der Waals surface area contributed by atoms with Gasteiger partial charge in [-0.2, -0.15) is 0 Å². The van der Waals surface area contributed by atoms with E-state index in [4.69, 9.17) is 5.11 Å². The Morgan fingerprint density at radius 3 is 2.67 bits per heavy atom. The maximum Gasteiger partial charge on any atom is 0.362 e. The maximum atomic E-state index is 10.1. The standard InChI is InChI=1S/C6H13NO2/c1-2-3-4-5(7)6(8)9/h5H,2-4,7H2,1H3,(H,8,9)/p+1/t5-/m0/s1. The third-order valence-electron chi connectivity index (χ3n) is 1.26. The molecule has 0 fully saturated rings. The van der Waals surface area contributed by atoms with E-state index in [1.165, 1.54) is 0 Å². The minimum atomic E-state index is -0.788.